The molecule has 9 heteroatoms. The quantitative estimate of drug-likeness (QED) is 0.379. The van der Waals surface area contributed by atoms with Crippen LogP contribution in [0.25, 0.3) is 0 Å². The van der Waals surface area contributed by atoms with E-state index in [-0.39, 0.29) is 35.8 Å². The Bertz CT molecular complexity index is 1250. The number of ketones is 1. The highest BCUT2D eigenvalue weighted by molar-refractivity contribution is 7.89. The minimum Gasteiger partial charge on any atom is -0.461 e. The average Bonchev–Trinajstić information content (AvgIpc) is 3.08. The van der Waals surface area contributed by atoms with Crippen LogP contribution in [0, 0.1) is 20.8 Å². The number of rotatable bonds is 9. The van der Waals surface area contributed by atoms with Crippen molar-refractivity contribution >= 4 is 21.8 Å². The molecule has 0 aliphatic heterocycles. The first kappa shape index (κ1) is 24.3. The zero-order chi connectivity index (χ0) is 24.2. The lowest BCUT2D eigenvalue weighted by molar-refractivity contribution is 0.0519. The molecule has 2 aromatic heterocycles. The van der Waals surface area contributed by atoms with Gasteiger partial charge in [0, 0.05) is 30.2 Å². The van der Waals surface area contributed by atoms with Crippen molar-refractivity contribution in [2.45, 2.75) is 39.1 Å². The number of aromatic nitrogens is 2. The SMILES string of the molecule is CCOC(=O)c1[nH]c(C)c(C(=O)CN(Cc2ccncc2)S(=O)(=O)c2ccc(C)cc2)c1C. The predicted molar refractivity (Wildman–Crippen MR) is 124 cm³/mol. The molecule has 0 fully saturated rings. The number of benzene rings is 1. The van der Waals surface area contributed by atoms with E-state index in [1.54, 1.807) is 57.4 Å². The molecular formula is C24H27N3O5S. The number of esters is 1. The fourth-order valence-electron chi connectivity index (χ4n) is 3.59. The fraction of sp³-hybridized carbons (Fsp3) is 0.292. The Hall–Kier alpha value is -3.30. The molecule has 2 heterocycles. The predicted octanol–water partition coefficient (Wildman–Crippen LogP) is 3.59. The summed E-state index contributed by atoms with van der Waals surface area (Å²) in [5.41, 5.74) is 3.03. The monoisotopic (exact) mass is 469 g/mol. The van der Waals surface area contributed by atoms with Crippen LogP contribution in [0.2, 0.25) is 0 Å². The van der Waals surface area contributed by atoms with Crippen LogP contribution in [0.4, 0.5) is 0 Å². The van der Waals surface area contributed by atoms with Crippen molar-refractivity contribution in [1.29, 1.82) is 0 Å². The van der Waals surface area contributed by atoms with E-state index < -0.39 is 21.8 Å². The van der Waals surface area contributed by atoms with E-state index in [4.69, 9.17) is 4.74 Å². The number of pyridine rings is 1. The van der Waals surface area contributed by atoms with Crippen LogP contribution >= 0.6 is 0 Å². The van der Waals surface area contributed by atoms with Gasteiger partial charge in [0.2, 0.25) is 10.0 Å². The summed E-state index contributed by atoms with van der Waals surface area (Å²) in [7, 11) is -3.97. The molecular weight excluding hydrogens is 442 g/mol. The maximum Gasteiger partial charge on any atom is 0.355 e. The van der Waals surface area contributed by atoms with E-state index in [1.807, 2.05) is 6.92 Å². The molecule has 0 aliphatic rings. The van der Waals surface area contributed by atoms with Crippen LogP contribution in [0.15, 0.2) is 53.7 Å². The van der Waals surface area contributed by atoms with Crippen molar-refractivity contribution in [3.05, 3.63) is 82.4 Å². The van der Waals surface area contributed by atoms with Crippen LogP contribution in [0.3, 0.4) is 0 Å². The smallest absolute Gasteiger partial charge is 0.355 e. The van der Waals surface area contributed by atoms with E-state index in [2.05, 4.69) is 9.97 Å². The van der Waals surface area contributed by atoms with Crippen molar-refractivity contribution in [1.82, 2.24) is 14.3 Å². The molecule has 8 nitrogen and oxygen atoms in total. The Morgan fingerprint density at radius 3 is 2.27 bits per heavy atom. The summed E-state index contributed by atoms with van der Waals surface area (Å²) >= 11 is 0. The zero-order valence-corrected chi connectivity index (χ0v) is 19.9. The molecule has 0 bridgehead atoms. The number of Topliss-reactive ketones (excluding diaryl/α,β-unsaturated/α-hetero) is 1. The van der Waals surface area contributed by atoms with E-state index in [1.165, 1.54) is 12.1 Å². The van der Waals surface area contributed by atoms with Gasteiger partial charge in [0.1, 0.15) is 5.69 Å². The molecule has 0 saturated heterocycles. The molecule has 1 aromatic carbocycles. The van der Waals surface area contributed by atoms with Gasteiger partial charge in [-0.3, -0.25) is 9.78 Å². The second kappa shape index (κ2) is 10.1. The lowest BCUT2D eigenvalue weighted by atomic mass is 10.1. The van der Waals surface area contributed by atoms with Gasteiger partial charge in [0.05, 0.1) is 18.0 Å². The highest BCUT2D eigenvalue weighted by Gasteiger charge is 2.30. The summed E-state index contributed by atoms with van der Waals surface area (Å²) in [5, 5.41) is 0. The second-order valence-electron chi connectivity index (χ2n) is 7.71. The van der Waals surface area contributed by atoms with Crippen molar-refractivity contribution in [3.8, 4) is 0 Å². The van der Waals surface area contributed by atoms with Crippen molar-refractivity contribution in [2.75, 3.05) is 13.2 Å². The molecule has 3 aromatic rings. The number of carbonyl (C=O) groups excluding carboxylic acids is 2. The maximum absolute atomic E-state index is 13.5. The molecule has 0 aliphatic carbocycles. The van der Waals surface area contributed by atoms with Gasteiger partial charge >= 0.3 is 5.97 Å². The first-order valence-corrected chi connectivity index (χ1v) is 11.9. The van der Waals surface area contributed by atoms with Crippen molar-refractivity contribution in [3.63, 3.8) is 0 Å². The van der Waals surface area contributed by atoms with Crippen molar-refractivity contribution in [2.24, 2.45) is 0 Å². The van der Waals surface area contributed by atoms with Gasteiger partial charge in [-0.15, -0.1) is 0 Å². The number of aryl methyl sites for hydroxylation is 2. The highest BCUT2D eigenvalue weighted by atomic mass is 32.2. The number of carbonyl (C=O) groups is 2. The van der Waals surface area contributed by atoms with E-state index in [0.29, 0.717) is 16.8 Å². The van der Waals surface area contributed by atoms with E-state index >= 15 is 0 Å². The van der Waals surface area contributed by atoms with Gasteiger partial charge in [-0.1, -0.05) is 17.7 Å². The molecule has 0 unspecified atom stereocenters. The number of nitrogens with one attached hydrogen (secondary N) is 1. The number of aromatic amines is 1. The van der Waals surface area contributed by atoms with E-state index in [0.717, 1.165) is 9.87 Å². The summed E-state index contributed by atoms with van der Waals surface area (Å²) in [6, 6.07) is 9.89. The summed E-state index contributed by atoms with van der Waals surface area (Å²) in [4.78, 5) is 32.5. The van der Waals surface area contributed by atoms with Gasteiger partial charge in [-0.2, -0.15) is 4.31 Å². The Labute approximate surface area is 193 Å². The van der Waals surface area contributed by atoms with Gasteiger partial charge < -0.3 is 9.72 Å². The summed E-state index contributed by atoms with van der Waals surface area (Å²) < 4.78 is 33.1. The standard InChI is InChI=1S/C24H27N3O5S/c1-5-32-24(29)23-17(3)22(18(4)26-23)21(28)15-27(14-19-10-12-25-13-11-19)33(30,31)20-8-6-16(2)7-9-20/h6-13,26H,5,14-15H2,1-4H3. The third kappa shape index (κ3) is 5.37. The van der Waals surface area contributed by atoms with Crippen LogP contribution in [-0.4, -0.2) is 47.6 Å². The van der Waals surface area contributed by atoms with Crippen LogP contribution in [0.5, 0.6) is 0 Å². The topological polar surface area (TPSA) is 109 Å². The van der Waals surface area contributed by atoms with Gasteiger partial charge in [0.15, 0.2) is 5.78 Å². The summed E-state index contributed by atoms with van der Waals surface area (Å²) in [6.07, 6.45) is 3.14. The Morgan fingerprint density at radius 1 is 1.03 bits per heavy atom. The average molecular weight is 470 g/mol. The summed E-state index contributed by atoms with van der Waals surface area (Å²) in [5.74, 6) is -0.973. The maximum atomic E-state index is 13.5. The minimum absolute atomic E-state index is 0.00226. The molecule has 0 saturated carbocycles. The number of H-pyrrole nitrogens is 1. The Balaban J connectivity index is 1.98. The van der Waals surface area contributed by atoms with Crippen molar-refractivity contribution < 1.29 is 22.7 Å². The normalized spacial score (nSPS) is 11.5. The van der Waals surface area contributed by atoms with Crippen LogP contribution in [-0.2, 0) is 21.3 Å². The highest BCUT2D eigenvalue weighted by Crippen LogP contribution is 2.23. The molecule has 33 heavy (non-hydrogen) atoms. The number of nitrogens with zero attached hydrogens (tertiary/aromatic N) is 2. The Kier molecular flexibility index (Phi) is 7.45. The van der Waals surface area contributed by atoms with Crippen LogP contribution in [0.1, 0.15) is 50.2 Å². The van der Waals surface area contributed by atoms with E-state index in [9.17, 15) is 18.0 Å². The lowest BCUT2D eigenvalue weighted by Crippen LogP contribution is -2.35. The third-order valence-corrected chi connectivity index (χ3v) is 7.09. The number of hydrogen-bond acceptors (Lipinski definition) is 6. The molecule has 174 valence electrons. The third-order valence-electron chi connectivity index (χ3n) is 5.28. The zero-order valence-electron chi connectivity index (χ0n) is 19.1. The number of sulfonamides is 1. The lowest BCUT2D eigenvalue weighted by Gasteiger charge is -2.22. The Morgan fingerprint density at radius 2 is 1.67 bits per heavy atom. The molecule has 0 amide bonds. The number of hydrogen-bond donors (Lipinski definition) is 1. The minimum atomic E-state index is -3.97. The fourth-order valence-corrected chi connectivity index (χ4v) is 4.98. The van der Waals surface area contributed by atoms with Gasteiger partial charge in [0.25, 0.3) is 0 Å². The molecule has 0 atom stereocenters. The molecule has 0 spiro atoms. The summed E-state index contributed by atoms with van der Waals surface area (Å²) in [6.45, 7) is 6.69. The first-order valence-electron chi connectivity index (χ1n) is 10.5. The van der Waals surface area contributed by atoms with Gasteiger partial charge in [-0.25, -0.2) is 13.2 Å². The molecule has 3 rings (SSSR count). The molecule has 1 N–H and O–H groups in total. The van der Waals surface area contributed by atoms with Gasteiger partial charge in [-0.05, 0) is 63.1 Å². The second-order valence-corrected chi connectivity index (χ2v) is 9.65. The first-order chi connectivity index (χ1) is 15.6. The molecule has 0 radical (unpaired) electrons. The van der Waals surface area contributed by atoms with Crippen LogP contribution < -0.4 is 0 Å². The largest absolute Gasteiger partial charge is 0.461 e. The number of ether oxygens (including phenoxy) is 1.